The zero-order chi connectivity index (χ0) is 22.9. The van der Waals surface area contributed by atoms with E-state index in [9.17, 15) is 13.2 Å². The minimum Gasteiger partial charge on any atom is -0.497 e. The first-order valence-corrected chi connectivity index (χ1v) is 11.4. The lowest BCUT2D eigenvalue weighted by Crippen LogP contribution is -2.17. The zero-order valence-corrected chi connectivity index (χ0v) is 18.9. The van der Waals surface area contributed by atoms with Crippen molar-refractivity contribution < 1.29 is 22.6 Å². The van der Waals surface area contributed by atoms with Gasteiger partial charge in [-0.1, -0.05) is 25.5 Å². The summed E-state index contributed by atoms with van der Waals surface area (Å²) < 4.78 is 48.7. The minimum absolute atomic E-state index is 0.261. The molecule has 0 N–H and O–H groups in total. The number of benzene rings is 2. The summed E-state index contributed by atoms with van der Waals surface area (Å²) in [5.41, 5.74) is 2.97. The zero-order valence-electron chi connectivity index (χ0n) is 18.1. The Balaban J connectivity index is 0.00000107. The molecule has 1 heterocycles. The van der Waals surface area contributed by atoms with E-state index in [4.69, 9.17) is 4.74 Å². The number of methoxy groups -OCH3 is 1. The number of nitrogens with zero attached hydrogens (tertiary/aromatic N) is 2. The van der Waals surface area contributed by atoms with Gasteiger partial charge < -0.3 is 9.47 Å². The molecule has 0 aliphatic rings. The van der Waals surface area contributed by atoms with Crippen molar-refractivity contribution >= 4 is 11.8 Å². The molecule has 31 heavy (non-hydrogen) atoms. The van der Waals surface area contributed by atoms with Gasteiger partial charge >= 0.3 is 6.36 Å². The monoisotopic (exact) mass is 452 g/mol. The maximum atomic E-state index is 12.6. The first kappa shape index (κ1) is 24.7. The predicted octanol–water partition coefficient (Wildman–Crippen LogP) is 6.77. The summed E-state index contributed by atoms with van der Waals surface area (Å²) in [4.78, 5) is 0. The summed E-state index contributed by atoms with van der Waals surface area (Å²) in [6, 6.07) is 15.2. The van der Waals surface area contributed by atoms with Crippen molar-refractivity contribution in [3.8, 4) is 28.4 Å². The summed E-state index contributed by atoms with van der Waals surface area (Å²) in [7, 11) is 1.59. The Hall–Kier alpha value is -2.61. The molecule has 168 valence electrons. The van der Waals surface area contributed by atoms with Crippen molar-refractivity contribution in [2.45, 2.75) is 32.5 Å². The highest BCUT2D eigenvalue weighted by Gasteiger charge is 2.31. The highest BCUT2D eigenvalue weighted by molar-refractivity contribution is 7.97. The predicted molar refractivity (Wildman–Crippen MR) is 120 cm³/mol. The smallest absolute Gasteiger partial charge is 0.497 e. The van der Waals surface area contributed by atoms with Crippen LogP contribution in [-0.2, 0) is 6.42 Å². The number of hydrogen-bond acceptors (Lipinski definition) is 4. The van der Waals surface area contributed by atoms with Crippen LogP contribution >= 0.6 is 11.8 Å². The van der Waals surface area contributed by atoms with Crippen molar-refractivity contribution in [3.63, 3.8) is 0 Å². The number of aromatic nitrogens is 2. The van der Waals surface area contributed by atoms with Crippen LogP contribution in [-0.4, -0.2) is 35.8 Å². The molecule has 0 saturated heterocycles. The van der Waals surface area contributed by atoms with E-state index in [2.05, 4.69) is 16.8 Å². The van der Waals surface area contributed by atoms with E-state index in [1.165, 1.54) is 18.2 Å². The van der Waals surface area contributed by atoms with Gasteiger partial charge in [0.2, 0.25) is 0 Å². The summed E-state index contributed by atoms with van der Waals surface area (Å²) in [6.45, 7) is 2.10. The Bertz CT molecular complexity index is 941. The van der Waals surface area contributed by atoms with Crippen molar-refractivity contribution in [1.29, 1.82) is 0 Å². The Morgan fingerprint density at radius 2 is 1.68 bits per heavy atom. The van der Waals surface area contributed by atoms with Crippen LogP contribution in [0.3, 0.4) is 0 Å². The van der Waals surface area contributed by atoms with Gasteiger partial charge in [-0.05, 0) is 67.8 Å². The van der Waals surface area contributed by atoms with Crippen molar-refractivity contribution in [2.75, 3.05) is 19.6 Å². The lowest BCUT2D eigenvalue weighted by molar-refractivity contribution is -0.274. The summed E-state index contributed by atoms with van der Waals surface area (Å²) >= 11 is 1.75. The van der Waals surface area contributed by atoms with Gasteiger partial charge in [0.1, 0.15) is 11.5 Å². The molecule has 0 radical (unpaired) electrons. The number of alkyl halides is 3. The van der Waals surface area contributed by atoms with Gasteiger partial charge in [-0.2, -0.15) is 16.9 Å². The van der Waals surface area contributed by atoms with Gasteiger partial charge in [0, 0.05) is 5.56 Å². The molecule has 0 bridgehead atoms. The molecule has 0 spiro atoms. The maximum Gasteiger partial charge on any atom is 0.573 e. The van der Waals surface area contributed by atoms with Crippen LogP contribution in [0.25, 0.3) is 16.9 Å². The molecule has 8 heteroatoms. The first-order chi connectivity index (χ1) is 14.8. The second kappa shape index (κ2) is 11.7. The summed E-state index contributed by atoms with van der Waals surface area (Å²) in [6.07, 6.45) is 2.16. The standard InChI is InChI=1S/C21H21F3N2O2.C2H6S/c1-3-4-7-16-14-20(15-6-5-8-19(13-15)28-21(22,23)24)26(25-16)17-9-11-18(27-2)12-10-17;1-3-2/h5-6,8-14H,3-4,7H2,1-2H3;1-2H3. The molecular formula is C23H27F3N2O2S. The van der Waals surface area contributed by atoms with Gasteiger partial charge in [-0.15, -0.1) is 13.2 Å². The van der Waals surface area contributed by atoms with E-state index >= 15 is 0 Å². The molecule has 2 aromatic carbocycles. The molecule has 0 atom stereocenters. The van der Waals surface area contributed by atoms with Crippen LogP contribution in [0, 0.1) is 0 Å². The number of halogens is 3. The fourth-order valence-corrected chi connectivity index (χ4v) is 2.89. The van der Waals surface area contributed by atoms with E-state index in [-0.39, 0.29) is 5.75 Å². The number of rotatable bonds is 7. The van der Waals surface area contributed by atoms with E-state index in [1.807, 2.05) is 42.8 Å². The topological polar surface area (TPSA) is 36.3 Å². The highest BCUT2D eigenvalue weighted by atomic mass is 32.2. The van der Waals surface area contributed by atoms with Crippen LogP contribution in [0.4, 0.5) is 13.2 Å². The van der Waals surface area contributed by atoms with Crippen molar-refractivity contribution in [3.05, 3.63) is 60.3 Å². The van der Waals surface area contributed by atoms with Crippen molar-refractivity contribution in [2.24, 2.45) is 0 Å². The Morgan fingerprint density at radius 3 is 2.26 bits per heavy atom. The molecule has 3 aromatic rings. The molecule has 0 amide bonds. The van der Waals surface area contributed by atoms with E-state index < -0.39 is 6.36 Å². The van der Waals surface area contributed by atoms with Crippen LogP contribution in [0.15, 0.2) is 54.6 Å². The number of hydrogen-bond donors (Lipinski definition) is 0. The third-order valence-electron chi connectivity index (χ3n) is 4.23. The van der Waals surface area contributed by atoms with Crippen LogP contribution < -0.4 is 9.47 Å². The molecule has 3 rings (SSSR count). The summed E-state index contributed by atoms with van der Waals surface area (Å²) in [5, 5.41) is 4.67. The fraction of sp³-hybridized carbons (Fsp3) is 0.348. The normalized spacial score (nSPS) is 10.9. The van der Waals surface area contributed by atoms with Gasteiger partial charge in [-0.3, -0.25) is 0 Å². The molecule has 0 saturated carbocycles. The molecule has 0 fully saturated rings. The van der Waals surface area contributed by atoms with Gasteiger partial charge in [0.25, 0.3) is 0 Å². The van der Waals surface area contributed by atoms with E-state index in [0.29, 0.717) is 17.0 Å². The van der Waals surface area contributed by atoms with Gasteiger partial charge in [0.15, 0.2) is 0 Å². The average molecular weight is 453 g/mol. The number of thioether (sulfide) groups is 1. The molecule has 4 nitrogen and oxygen atoms in total. The van der Waals surface area contributed by atoms with Crippen molar-refractivity contribution in [1.82, 2.24) is 9.78 Å². The quantitative estimate of drug-likeness (QED) is 0.396. The molecular weight excluding hydrogens is 425 g/mol. The molecule has 0 unspecified atom stereocenters. The van der Waals surface area contributed by atoms with E-state index in [1.54, 1.807) is 29.6 Å². The largest absolute Gasteiger partial charge is 0.573 e. The lowest BCUT2D eigenvalue weighted by atomic mass is 10.1. The third-order valence-corrected chi connectivity index (χ3v) is 4.23. The molecule has 0 aliphatic carbocycles. The molecule has 1 aromatic heterocycles. The minimum atomic E-state index is -4.73. The number of ether oxygens (including phenoxy) is 2. The second-order valence-electron chi connectivity index (χ2n) is 6.72. The SMILES string of the molecule is CCCCc1cc(-c2cccc(OC(F)(F)F)c2)n(-c2ccc(OC)cc2)n1.CSC. The summed E-state index contributed by atoms with van der Waals surface area (Å²) in [5.74, 6) is 0.451. The maximum absolute atomic E-state index is 12.6. The first-order valence-electron chi connectivity index (χ1n) is 9.81. The van der Waals surface area contributed by atoms with E-state index in [0.717, 1.165) is 30.6 Å². The van der Waals surface area contributed by atoms with Crippen LogP contribution in [0.2, 0.25) is 0 Å². The second-order valence-corrected chi connectivity index (χ2v) is 7.53. The Morgan fingerprint density at radius 1 is 1.00 bits per heavy atom. The fourth-order valence-electron chi connectivity index (χ4n) is 2.89. The average Bonchev–Trinajstić information content (AvgIpc) is 3.16. The number of unbranched alkanes of at least 4 members (excludes halogenated alkanes) is 1. The third kappa shape index (κ3) is 7.54. The lowest BCUT2D eigenvalue weighted by Gasteiger charge is -2.11. The number of aryl methyl sites for hydroxylation is 1. The highest BCUT2D eigenvalue weighted by Crippen LogP contribution is 2.30. The Labute approximate surface area is 185 Å². The van der Waals surface area contributed by atoms with Gasteiger partial charge in [-0.25, -0.2) is 4.68 Å². The molecule has 0 aliphatic heterocycles. The van der Waals surface area contributed by atoms with Crippen LogP contribution in [0.5, 0.6) is 11.5 Å². The van der Waals surface area contributed by atoms with Gasteiger partial charge in [0.05, 0.1) is 24.2 Å². The van der Waals surface area contributed by atoms with Crippen LogP contribution in [0.1, 0.15) is 25.5 Å². The Kier molecular flexibility index (Phi) is 9.30.